The molecule has 0 aromatic heterocycles. The maximum atomic E-state index is 11.2. The number of carboxylic acids is 2. The second-order valence-electron chi connectivity index (χ2n) is 4.16. The minimum absolute atomic E-state index is 0. The molecule has 0 aliphatic carbocycles. The molecule has 0 fully saturated rings. The minimum atomic E-state index is -4.99. The number of carbonyl (C=O) groups is 2. The molecule has 0 heterocycles. The van der Waals surface area contributed by atoms with Gasteiger partial charge in [-0.15, -0.1) is 0 Å². The van der Waals surface area contributed by atoms with Crippen molar-refractivity contribution in [1.82, 2.24) is 0 Å². The molecule has 0 aliphatic heterocycles. The van der Waals surface area contributed by atoms with Gasteiger partial charge in [-0.25, -0.2) is 0 Å². The predicted molar refractivity (Wildman–Crippen MR) is 70.1 cm³/mol. The monoisotopic (exact) mass is 306 g/mol. The summed E-state index contributed by atoms with van der Waals surface area (Å²) >= 11 is 0. The topological polar surface area (TPSA) is 129 Å². The molecule has 1 unspecified atom stereocenters. The van der Waals surface area contributed by atoms with Gasteiger partial charge in [0.25, 0.3) is 10.1 Å². The van der Waals surface area contributed by atoms with Crippen molar-refractivity contribution in [2.24, 2.45) is 0 Å². The van der Waals surface area contributed by atoms with Crippen LogP contribution in [-0.2, 0) is 19.7 Å². The predicted octanol–water partition coefficient (Wildman–Crippen LogP) is 0.494. The molecule has 7 nitrogen and oxygen atoms in total. The summed E-state index contributed by atoms with van der Waals surface area (Å²) in [4.78, 5) is 21.7. The number of carboxylic acid groups (broad SMARTS) is 2. The van der Waals surface area contributed by atoms with Crippen molar-refractivity contribution in [2.45, 2.75) is 50.2 Å². The Balaban J connectivity index is 0. The first kappa shape index (κ1) is 21.2. The van der Waals surface area contributed by atoms with Gasteiger partial charge in [-0.2, -0.15) is 8.42 Å². The summed E-state index contributed by atoms with van der Waals surface area (Å²) in [6, 6.07) is 0. The first-order valence-corrected chi connectivity index (χ1v) is 7.03. The zero-order valence-electron chi connectivity index (χ0n) is 10.1. The van der Waals surface area contributed by atoms with Crippen LogP contribution in [0.5, 0.6) is 0 Å². The van der Waals surface area contributed by atoms with Gasteiger partial charge in [0.15, 0.2) is 0 Å². The second kappa shape index (κ2) is 8.91. The van der Waals surface area contributed by atoms with Gasteiger partial charge < -0.3 is 10.2 Å². The zero-order valence-corrected chi connectivity index (χ0v) is 10.9. The average molecular weight is 306 g/mol. The molecule has 0 aliphatic rings. The molecular weight excluding hydrogens is 287 g/mol. The van der Waals surface area contributed by atoms with E-state index >= 15 is 0 Å². The third-order valence-electron chi connectivity index (χ3n) is 2.75. The van der Waals surface area contributed by atoms with E-state index in [-0.39, 0.29) is 36.0 Å². The van der Waals surface area contributed by atoms with E-state index in [1.807, 2.05) is 6.92 Å². The molecule has 9 heteroatoms. The quantitative estimate of drug-likeness (QED) is 0.321. The normalized spacial score (nSPS) is 14.2. The Morgan fingerprint density at radius 3 is 1.95 bits per heavy atom. The third-order valence-corrected chi connectivity index (χ3v) is 4.27. The number of hydrogen-bond acceptors (Lipinski definition) is 4. The number of hydrogen-bond donors (Lipinski definition) is 3. The molecule has 0 radical (unpaired) electrons. The summed E-state index contributed by atoms with van der Waals surface area (Å²) in [7, 11) is -4.99. The Hall–Kier alpha value is -0.150. The van der Waals surface area contributed by atoms with Crippen LogP contribution in [0.4, 0.5) is 0 Å². The van der Waals surface area contributed by atoms with Crippen molar-refractivity contribution < 1.29 is 32.8 Å². The van der Waals surface area contributed by atoms with Crippen LogP contribution in [0.15, 0.2) is 0 Å². The van der Waals surface area contributed by atoms with E-state index in [1.54, 1.807) is 0 Å². The van der Waals surface area contributed by atoms with E-state index in [4.69, 9.17) is 14.8 Å². The first-order valence-electron chi connectivity index (χ1n) is 5.59. The van der Waals surface area contributed by atoms with Crippen LogP contribution in [0.2, 0.25) is 0 Å². The van der Waals surface area contributed by atoms with Gasteiger partial charge >= 0.3 is 41.5 Å². The summed E-state index contributed by atoms with van der Waals surface area (Å²) in [5.74, 6) is -3.41. The van der Waals surface area contributed by atoms with Crippen LogP contribution in [0.1, 0.15) is 45.4 Å². The summed E-state index contributed by atoms with van der Waals surface area (Å²) in [5.41, 5.74) is 0. The van der Waals surface area contributed by atoms with Crippen molar-refractivity contribution in [3.05, 3.63) is 0 Å². The number of aliphatic carboxylic acids is 2. The molecule has 19 heavy (non-hydrogen) atoms. The third kappa shape index (κ3) is 6.22. The van der Waals surface area contributed by atoms with Crippen LogP contribution in [0.3, 0.4) is 0 Å². The Morgan fingerprint density at radius 1 is 1.11 bits per heavy atom. The summed E-state index contributed by atoms with van der Waals surface area (Å²) in [6.45, 7) is 1.92. The average Bonchev–Trinajstić information content (AvgIpc) is 2.19. The molecule has 0 aromatic rings. The number of rotatable bonds is 9. The Morgan fingerprint density at radius 2 is 1.63 bits per heavy atom. The van der Waals surface area contributed by atoms with E-state index in [9.17, 15) is 18.0 Å². The molecular formula is C10H19NaO7S. The SMILES string of the molecule is CCCCCCC(CC(=O)O)(C(=O)O)S(=O)(=O)O.[NaH]. The fraction of sp³-hybridized carbons (Fsp3) is 0.800. The van der Waals surface area contributed by atoms with Crippen molar-refractivity contribution in [1.29, 1.82) is 0 Å². The van der Waals surface area contributed by atoms with Gasteiger partial charge in [-0.3, -0.25) is 14.1 Å². The van der Waals surface area contributed by atoms with Crippen molar-refractivity contribution >= 4 is 51.6 Å². The van der Waals surface area contributed by atoms with Crippen LogP contribution in [0, 0.1) is 0 Å². The Labute approximate surface area is 134 Å². The number of unbranched alkanes of at least 4 members (excludes halogenated alkanes) is 3. The molecule has 0 bridgehead atoms. The zero-order chi connectivity index (χ0) is 14.4. The van der Waals surface area contributed by atoms with E-state index in [0.717, 1.165) is 12.8 Å². The van der Waals surface area contributed by atoms with Gasteiger partial charge in [-0.05, 0) is 6.42 Å². The molecule has 1 atom stereocenters. The van der Waals surface area contributed by atoms with Crippen LogP contribution in [0.25, 0.3) is 0 Å². The van der Waals surface area contributed by atoms with Gasteiger partial charge in [0, 0.05) is 0 Å². The summed E-state index contributed by atoms with van der Waals surface area (Å²) in [5, 5.41) is 17.6. The molecule has 0 saturated carbocycles. The molecule has 108 valence electrons. The van der Waals surface area contributed by atoms with Crippen molar-refractivity contribution in [2.75, 3.05) is 0 Å². The van der Waals surface area contributed by atoms with E-state index in [1.165, 1.54) is 0 Å². The molecule has 0 saturated heterocycles. The van der Waals surface area contributed by atoms with Crippen molar-refractivity contribution in [3.63, 3.8) is 0 Å². The van der Waals surface area contributed by atoms with Crippen molar-refractivity contribution in [3.8, 4) is 0 Å². The van der Waals surface area contributed by atoms with E-state index in [2.05, 4.69) is 0 Å². The van der Waals surface area contributed by atoms with E-state index < -0.39 is 39.6 Å². The second-order valence-corrected chi connectivity index (χ2v) is 5.89. The molecule has 3 N–H and O–H groups in total. The van der Waals surface area contributed by atoms with Gasteiger partial charge in [-0.1, -0.05) is 32.6 Å². The van der Waals surface area contributed by atoms with Gasteiger partial charge in [0.05, 0.1) is 6.42 Å². The molecule has 0 aromatic carbocycles. The molecule has 0 amide bonds. The Bertz CT molecular complexity index is 406. The standard InChI is InChI=1S/C10H18O7S.Na.H/c1-2-3-4-5-6-10(9(13)14,7-8(11)12)18(15,16)17;;/h2-7H2,1H3,(H,11,12)(H,13,14)(H,15,16,17);;. The van der Waals surface area contributed by atoms with Gasteiger partial charge in [0.2, 0.25) is 4.75 Å². The van der Waals surface area contributed by atoms with Gasteiger partial charge in [0.1, 0.15) is 0 Å². The Kier molecular flexibility index (Phi) is 9.92. The van der Waals surface area contributed by atoms with Crippen LogP contribution in [-0.4, -0.2) is 69.4 Å². The summed E-state index contributed by atoms with van der Waals surface area (Å²) < 4.78 is 28.8. The van der Waals surface area contributed by atoms with Crippen LogP contribution >= 0.6 is 0 Å². The summed E-state index contributed by atoms with van der Waals surface area (Å²) in [6.07, 6.45) is 0.910. The van der Waals surface area contributed by atoms with E-state index in [0.29, 0.717) is 6.42 Å². The maximum absolute atomic E-state index is 11.2. The fourth-order valence-electron chi connectivity index (χ4n) is 1.68. The van der Waals surface area contributed by atoms with Crippen LogP contribution < -0.4 is 0 Å². The fourth-order valence-corrected chi connectivity index (χ4v) is 2.61. The molecule has 0 spiro atoms. The molecule has 0 rings (SSSR count). The first-order chi connectivity index (χ1) is 8.17.